The fourth-order valence-electron chi connectivity index (χ4n) is 1.60. The zero-order valence-corrected chi connectivity index (χ0v) is 11.4. The van der Waals surface area contributed by atoms with Crippen LogP contribution < -0.4 is 5.32 Å². The van der Waals surface area contributed by atoms with Gasteiger partial charge in [-0.05, 0) is 0 Å². The first kappa shape index (κ1) is 13.2. The lowest BCUT2D eigenvalue weighted by Crippen LogP contribution is -2.17. The van der Waals surface area contributed by atoms with Gasteiger partial charge in [-0.2, -0.15) is 0 Å². The lowest BCUT2D eigenvalue weighted by molar-refractivity contribution is 0.545. The number of rotatable bonds is 2. The van der Waals surface area contributed by atoms with Crippen LogP contribution in [0.1, 0.15) is 32.2 Å². The number of anilines is 1. The van der Waals surface area contributed by atoms with Crippen molar-refractivity contribution in [3.05, 3.63) is 54.1 Å². The number of hydrogen-bond donors (Lipinski definition) is 2. The van der Waals surface area contributed by atoms with E-state index in [1.165, 1.54) is 0 Å². The van der Waals surface area contributed by atoms with E-state index in [1.807, 2.05) is 30.3 Å². The molecule has 1 aromatic heterocycles. The molecule has 2 N–H and O–H groups in total. The van der Waals surface area contributed by atoms with Crippen LogP contribution >= 0.6 is 0 Å². The third kappa shape index (κ3) is 3.37. The Morgan fingerprint density at radius 3 is 2.16 bits per heavy atom. The highest BCUT2D eigenvalue weighted by molar-refractivity contribution is 6.05. The van der Waals surface area contributed by atoms with Gasteiger partial charge in [0.15, 0.2) is 0 Å². The van der Waals surface area contributed by atoms with E-state index in [9.17, 15) is 0 Å². The van der Waals surface area contributed by atoms with Gasteiger partial charge in [0, 0.05) is 11.0 Å². The van der Waals surface area contributed by atoms with Gasteiger partial charge in [-0.3, -0.25) is 5.41 Å². The first-order valence-electron chi connectivity index (χ1n) is 6.20. The normalized spacial score (nSPS) is 11.1. The van der Waals surface area contributed by atoms with Gasteiger partial charge in [-0.25, -0.2) is 9.97 Å². The van der Waals surface area contributed by atoms with Crippen molar-refractivity contribution in [1.82, 2.24) is 9.97 Å². The van der Waals surface area contributed by atoms with Gasteiger partial charge in [-0.15, -0.1) is 0 Å². The molecule has 0 aliphatic carbocycles. The Morgan fingerprint density at radius 1 is 1.05 bits per heavy atom. The molecule has 0 amide bonds. The van der Waals surface area contributed by atoms with Gasteiger partial charge in [0.2, 0.25) is 0 Å². The minimum atomic E-state index is -0.0640. The summed E-state index contributed by atoms with van der Waals surface area (Å²) in [6, 6.07) is 9.52. The molecule has 2 rings (SSSR count). The summed E-state index contributed by atoms with van der Waals surface area (Å²) in [4.78, 5) is 8.65. The van der Waals surface area contributed by atoms with E-state index in [-0.39, 0.29) is 5.41 Å². The van der Waals surface area contributed by atoms with E-state index in [1.54, 1.807) is 12.4 Å². The average molecular weight is 254 g/mol. The summed E-state index contributed by atoms with van der Waals surface area (Å²) in [5.74, 6) is 1.14. The van der Waals surface area contributed by atoms with Crippen molar-refractivity contribution in [2.45, 2.75) is 26.2 Å². The Balaban J connectivity index is 2.10. The highest BCUT2D eigenvalue weighted by atomic mass is 15.0. The molecule has 1 heterocycles. The number of nitrogens with zero attached hydrogens (tertiary/aromatic N) is 2. The predicted molar refractivity (Wildman–Crippen MR) is 77.6 cm³/mol. The van der Waals surface area contributed by atoms with Crippen LogP contribution in [-0.4, -0.2) is 15.8 Å². The minimum Gasteiger partial charge on any atom is -0.338 e. The maximum absolute atomic E-state index is 7.98. The second-order valence-corrected chi connectivity index (χ2v) is 5.41. The molecule has 0 atom stereocenters. The monoisotopic (exact) mass is 254 g/mol. The lowest BCUT2D eigenvalue weighted by Gasteiger charge is -2.16. The molecule has 0 fully saturated rings. The summed E-state index contributed by atoms with van der Waals surface area (Å²) in [6.45, 7) is 6.21. The number of nitrogens with one attached hydrogen (secondary N) is 2. The first-order valence-corrected chi connectivity index (χ1v) is 6.20. The topological polar surface area (TPSA) is 61.7 Å². The summed E-state index contributed by atoms with van der Waals surface area (Å²) in [5, 5.41) is 11.0. The molecule has 0 aliphatic heterocycles. The van der Waals surface area contributed by atoms with Crippen LogP contribution in [0, 0.1) is 5.41 Å². The van der Waals surface area contributed by atoms with Crippen LogP contribution in [0.3, 0.4) is 0 Å². The zero-order valence-electron chi connectivity index (χ0n) is 11.4. The highest BCUT2D eigenvalue weighted by Gasteiger charge is 2.16. The fraction of sp³-hybridized carbons (Fsp3) is 0.267. The molecule has 0 saturated heterocycles. The summed E-state index contributed by atoms with van der Waals surface area (Å²) in [5.41, 5.74) is 1.50. The fourth-order valence-corrected chi connectivity index (χ4v) is 1.60. The van der Waals surface area contributed by atoms with Gasteiger partial charge >= 0.3 is 0 Å². The third-order valence-corrected chi connectivity index (χ3v) is 2.65. The van der Waals surface area contributed by atoms with Crippen LogP contribution in [0.5, 0.6) is 0 Å². The number of aromatic nitrogens is 2. The first-order chi connectivity index (χ1) is 8.97. The molecule has 1 aromatic carbocycles. The van der Waals surface area contributed by atoms with Gasteiger partial charge in [-0.1, -0.05) is 51.1 Å². The Kier molecular flexibility index (Phi) is 3.60. The van der Waals surface area contributed by atoms with Gasteiger partial charge < -0.3 is 5.32 Å². The average Bonchev–Trinajstić information content (AvgIpc) is 2.39. The largest absolute Gasteiger partial charge is 0.338 e. The molecular weight excluding hydrogens is 236 g/mol. The molecule has 0 spiro atoms. The SMILES string of the molecule is CC(C)(C)c1ncc(NC(=N)c2ccccc2)cn1. The van der Waals surface area contributed by atoms with Crippen molar-refractivity contribution >= 4 is 11.5 Å². The van der Waals surface area contributed by atoms with Crippen molar-refractivity contribution in [2.75, 3.05) is 5.32 Å². The van der Waals surface area contributed by atoms with Crippen LogP contribution in [0.15, 0.2) is 42.7 Å². The van der Waals surface area contributed by atoms with Crippen LogP contribution in [-0.2, 0) is 5.41 Å². The van der Waals surface area contributed by atoms with Crippen LogP contribution in [0.2, 0.25) is 0 Å². The van der Waals surface area contributed by atoms with E-state index in [0.717, 1.165) is 17.1 Å². The second kappa shape index (κ2) is 5.18. The highest BCUT2D eigenvalue weighted by Crippen LogP contribution is 2.18. The molecular formula is C15H18N4. The summed E-state index contributed by atoms with van der Waals surface area (Å²) < 4.78 is 0. The van der Waals surface area contributed by atoms with Gasteiger partial charge in [0.1, 0.15) is 11.7 Å². The molecule has 0 bridgehead atoms. The minimum absolute atomic E-state index is 0.0640. The molecule has 98 valence electrons. The molecule has 4 heteroatoms. The second-order valence-electron chi connectivity index (χ2n) is 5.41. The standard InChI is InChI=1S/C15H18N4/c1-15(2,3)14-17-9-12(10-18-14)19-13(16)11-7-5-4-6-8-11/h4-10H,1-3H3,(H2,16,19). The van der Waals surface area contributed by atoms with Crippen molar-refractivity contribution < 1.29 is 0 Å². The van der Waals surface area contributed by atoms with Gasteiger partial charge in [0.05, 0.1) is 18.1 Å². The van der Waals surface area contributed by atoms with E-state index >= 15 is 0 Å². The summed E-state index contributed by atoms with van der Waals surface area (Å²) >= 11 is 0. The number of amidine groups is 1. The smallest absolute Gasteiger partial charge is 0.133 e. The van der Waals surface area contributed by atoms with E-state index in [2.05, 4.69) is 36.1 Å². The molecule has 0 aliphatic rings. The number of benzene rings is 1. The summed E-state index contributed by atoms with van der Waals surface area (Å²) in [7, 11) is 0. The molecule has 0 unspecified atom stereocenters. The molecule has 2 aromatic rings. The van der Waals surface area contributed by atoms with Crippen molar-refractivity contribution in [1.29, 1.82) is 5.41 Å². The Hall–Kier alpha value is -2.23. The molecule has 4 nitrogen and oxygen atoms in total. The Bertz CT molecular complexity index is 553. The lowest BCUT2D eigenvalue weighted by atomic mass is 9.96. The Labute approximate surface area is 113 Å². The van der Waals surface area contributed by atoms with Crippen molar-refractivity contribution in [3.63, 3.8) is 0 Å². The van der Waals surface area contributed by atoms with Crippen LogP contribution in [0.4, 0.5) is 5.69 Å². The van der Waals surface area contributed by atoms with Crippen LogP contribution in [0.25, 0.3) is 0 Å². The van der Waals surface area contributed by atoms with Crippen molar-refractivity contribution in [3.8, 4) is 0 Å². The maximum atomic E-state index is 7.98. The van der Waals surface area contributed by atoms with Gasteiger partial charge in [0.25, 0.3) is 0 Å². The van der Waals surface area contributed by atoms with E-state index in [0.29, 0.717) is 5.84 Å². The third-order valence-electron chi connectivity index (χ3n) is 2.65. The molecule has 0 saturated carbocycles. The zero-order chi connectivity index (χ0) is 13.9. The summed E-state index contributed by atoms with van der Waals surface area (Å²) in [6.07, 6.45) is 3.43. The molecule has 0 radical (unpaired) electrons. The van der Waals surface area contributed by atoms with E-state index < -0.39 is 0 Å². The maximum Gasteiger partial charge on any atom is 0.133 e. The Morgan fingerprint density at radius 2 is 1.63 bits per heavy atom. The number of hydrogen-bond acceptors (Lipinski definition) is 3. The van der Waals surface area contributed by atoms with Crippen molar-refractivity contribution in [2.24, 2.45) is 0 Å². The quantitative estimate of drug-likeness (QED) is 0.639. The predicted octanol–water partition coefficient (Wildman–Crippen LogP) is 3.21. The molecule has 19 heavy (non-hydrogen) atoms. The van der Waals surface area contributed by atoms with E-state index in [4.69, 9.17) is 5.41 Å².